The highest BCUT2D eigenvalue weighted by Crippen LogP contribution is 2.24. The lowest BCUT2D eigenvalue weighted by molar-refractivity contribution is 0.187. The molecule has 0 unspecified atom stereocenters. The molecule has 0 fully saturated rings. The molecule has 2 aromatic carbocycles. The summed E-state index contributed by atoms with van der Waals surface area (Å²) in [4.78, 5) is 11.5. The number of carbonyl (C=O) groups is 1. The van der Waals surface area contributed by atoms with Gasteiger partial charge >= 0.3 is 6.09 Å². The average molecular weight is 425 g/mol. The molecule has 0 atom stereocenters. The van der Waals surface area contributed by atoms with Crippen molar-refractivity contribution in [3.05, 3.63) is 56.7 Å². The number of amides is 1. The highest BCUT2D eigenvalue weighted by Gasteiger charge is 2.09. The standard InChI is InChI=1S/C18H20INO3/c1-4-13-5-8-17(12(2)9-13)23-11-14-6-7-15(19)10-16(14)20-18(21)22-3/h5-10H,4,11H2,1-3H3,(H,20,21). The molecule has 0 bridgehead atoms. The van der Waals surface area contributed by atoms with Crippen LogP contribution in [0.1, 0.15) is 23.6 Å². The molecule has 2 rings (SSSR count). The van der Waals surface area contributed by atoms with E-state index in [4.69, 9.17) is 4.74 Å². The van der Waals surface area contributed by atoms with E-state index >= 15 is 0 Å². The third-order valence-electron chi connectivity index (χ3n) is 3.52. The smallest absolute Gasteiger partial charge is 0.411 e. The molecule has 1 amide bonds. The molecule has 1 N–H and O–H groups in total. The summed E-state index contributed by atoms with van der Waals surface area (Å²) < 4.78 is 11.6. The van der Waals surface area contributed by atoms with Crippen LogP contribution < -0.4 is 10.1 Å². The van der Waals surface area contributed by atoms with Crippen LogP contribution in [0.25, 0.3) is 0 Å². The molecule has 0 radical (unpaired) electrons. The van der Waals surface area contributed by atoms with Gasteiger partial charge in [0.1, 0.15) is 12.4 Å². The second kappa shape index (κ2) is 8.19. The summed E-state index contributed by atoms with van der Waals surface area (Å²) in [6.07, 6.45) is 0.516. The highest BCUT2D eigenvalue weighted by molar-refractivity contribution is 14.1. The number of nitrogens with one attached hydrogen (secondary N) is 1. The van der Waals surface area contributed by atoms with Crippen LogP contribution in [0, 0.1) is 10.5 Å². The first-order valence-corrected chi connectivity index (χ1v) is 8.47. The van der Waals surface area contributed by atoms with Crippen molar-refractivity contribution in [2.45, 2.75) is 26.9 Å². The maximum absolute atomic E-state index is 11.5. The largest absolute Gasteiger partial charge is 0.489 e. The molecule has 4 nitrogen and oxygen atoms in total. The van der Waals surface area contributed by atoms with Crippen LogP contribution >= 0.6 is 22.6 Å². The van der Waals surface area contributed by atoms with Gasteiger partial charge in [0.15, 0.2) is 0 Å². The molecule has 0 heterocycles. The lowest BCUT2D eigenvalue weighted by Crippen LogP contribution is -2.13. The fourth-order valence-corrected chi connectivity index (χ4v) is 2.69. The van der Waals surface area contributed by atoms with Crippen molar-refractivity contribution in [3.63, 3.8) is 0 Å². The first kappa shape index (κ1) is 17.6. The summed E-state index contributed by atoms with van der Waals surface area (Å²) in [5.41, 5.74) is 4.00. The van der Waals surface area contributed by atoms with E-state index < -0.39 is 6.09 Å². The molecule has 0 aliphatic rings. The minimum Gasteiger partial charge on any atom is -0.489 e. The van der Waals surface area contributed by atoms with Crippen LogP contribution in [0.15, 0.2) is 36.4 Å². The summed E-state index contributed by atoms with van der Waals surface area (Å²) in [7, 11) is 1.35. The van der Waals surface area contributed by atoms with Crippen LogP contribution in [0.4, 0.5) is 10.5 Å². The highest BCUT2D eigenvalue weighted by atomic mass is 127. The SMILES string of the molecule is CCc1ccc(OCc2ccc(I)cc2NC(=O)OC)c(C)c1. The van der Waals surface area contributed by atoms with Gasteiger partial charge in [0, 0.05) is 9.13 Å². The zero-order valence-electron chi connectivity index (χ0n) is 13.5. The monoisotopic (exact) mass is 425 g/mol. The van der Waals surface area contributed by atoms with Gasteiger partial charge < -0.3 is 9.47 Å². The van der Waals surface area contributed by atoms with E-state index in [0.717, 1.165) is 26.9 Å². The van der Waals surface area contributed by atoms with Gasteiger partial charge in [0.2, 0.25) is 0 Å². The van der Waals surface area contributed by atoms with E-state index in [-0.39, 0.29) is 0 Å². The van der Waals surface area contributed by atoms with E-state index in [2.05, 4.69) is 51.7 Å². The zero-order chi connectivity index (χ0) is 16.8. The third-order valence-corrected chi connectivity index (χ3v) is 4.20. The number of hydrogen-bond donors (Lipinski definition) is 1. The Hall–Kier alpha value is -1.76. The number of carbonyl (C=O) groups excluding carboxylic acids is 1. The molecule has 0 spiro atoms. The van der Waals surface area contributed by atoms with Crippen molar-refractivity contribution in [2.75, 3.05) is 12.4 Å². The van der Waals surface area contributed by atoms with Gasteiger partial charge in [-0.25, -0.2) is 4.79 Å². The first-order chi connectivity index (χ1) is 11.0. The van der Waals surface area contributed by atoms with Crippen molar-refractivity contribution in [3.8, 4) is 5.75 Å². The van der Waals surface area contributed by atoms with Crippen LogP contribution in [-0.2, 0) is 17.8 Å². The van der Waals surface area contributed by atoms with Gasteiger partial charge in [0.25, 0.3) is 0 Å². The number of aryl methyl sites for hydroxylation is 2. The predicted molar refractivity (Wildman–Crippen MR) is 100 cm³/mol. The minimum absolute atomic E-state index is 0.378. The number of benzene rings is 2. The summed E-state index contributed by atoms with van der Waals surface area (Å²) in [6.45, 7) is 4.55. The molecule has 0 saturated heterocycles. The molecule has 0 aromatic heterocycles. The predicted octanol–water partition coefficient (Wildman–Crippen LogP) is 4.92. The molecule has 0 aliphatic heterocycles. The van der Waals surface area contributed by atoms with Crippen molar-refractivity contribution in [1.29, 1.82) is 0 Å². The summed E-state index contributed by atoms with van der Waals surface area (Å²) in [5, 5.41) is 2.72. The second-order valence-electron chi connectivity index (χ2n) is 5.16. The molecular weight excluding hydrogens is 405 g/mol. The number of rotatable bonds is 5. The van der Waals surface area contributed by atoms with Crippen LogP contribution in [0.3, 0.4) is 0 Å². The molecule has 122 valence electrons. The van der Waals surface area contributed by atoms with E-state index in [1.54, 1.807) is 0 Å². The van der Waals surface area contributed by atoms with Crippen molar-refractivity contribution < 1.29 is 14.3 Å². The summed E-state index contributed by atoms with van der Waals surface area (Å²) in [6, 6.07) is 12.0. The minimum atomic E-state index is -0.489. The molecule has 2 aromatic rings. The molecule has 0 saturated carbocycles. The maximum Gasteiger partial charge on any atom is 0.411 e. The number of hydrogen-bond acceptors (Lipinski definition) is 3. The number of halogens is 1. The number of methoxy groups -OCH3 is 1. The first-order valence-electron chi connectivity index (χ1n) is 7.39. The molecule has 23 heavy (non-hydrogen) atoms. The fourth-order valence-electron chi connectivity index (χ4n) is 2.20. The number of anilines is 1. The lowest BCUT2D eigenvalue weighted by Gasteiger charge is -2.14. The zero-order valence-corrected chi connectivity index (χ0v) is 15.6. The Morgan fingerprint density at radius 2 is 2.00 bits per heavy atom. The maximum atomic E-state index is 11.5. The Balaban J connectivity index is 2.15. The van der Waals surface area contributed by atoms with Crippen LogP contribution in [0.5, 0.6) is 5.75 Å². The van der Waals surface area contributed by atoms with Gasteiger partial charge in [0.05, 0.1) is 12.8 Å². The fraction of sp³-hybridized carbons (Fsp3) is 0.278. The third kappa shape index (κ3) is 4.86. The van der Waals surface area contributed by atoms with Gasteiger partial charge in [-0.3, -0.25) is 5.32 Å². The number of ether oxygens (including phenoxy) is 2. The quantitative estimate of drug-likeness (QED) is 0.692. The van der Waals surface area contributed by atoms with Crippen molar-refractivity contribution >= 4 is 34.4 Å². The van der Waals surface area contributed by atoms with Gasteiger partial charge in [-0.1, -0.05) is 25.1 Å². The van der Waals surface area contributed by atoms with E-state index in [1.807, 2.05) is 31.2 Å². The van der Waals surface area contributed by atoms with E-state index in [1.165, 1.54) is 12.7 Å². The molecule has 5 heteroatoms. The van der Waals surface area contributed by atoms with Gasteiger partial charge in [-0.05, 0) is 65.3 Å². The average Bonchev–Trinajstić information content (AvgIpc) is 2.54. The summed E-state index contributed by atoms with van der Waals surface area (Å²) >= 11 is 2.20. The Kier molecular flexibility index (Phi) is 6.27. The normalized spacial score (nSPS) is 10.3. The lowest BCUT2D eigenvalue weighted by atomic mass is 10.1. The Bertz CT molecular complexity index is 701. The summed E-state index contributed by atoms with van der Waals surface area (Å²) in [5.74, 6) is 0.852. The van der Waals surface area contributed by atoms with Crippen LogP contribution in [-0.4, -0.2) is 13.2 Å². The Morgan fingerprint density at radius 1 is 1.22 bits per heavy atom. The van der Waals surface area contributed by atoms with E-state index in [9.17, 15) is 4.79 Å². The topological polar surface area (TPSA) is 47.6 Å². The van der Waals surface area contributed by atoms with Crippen molar-refractivity contribution in [2.24, 2.45) is 0 Å². The van der Waals surface area contributed by atoms with Gasteiger partial charge in [-0.2, -0.15) is 0 Å². The van der Waals surface area contributed by atoms with Crippen molar-refractivity contribution in [1.82, 2.24) is 0 Å². The molecular formula is C18H20INO3. The molecule has 0 aliphatic carbocycles. The Morgan fingerprint density at radius 3 is 2.65 bits per heavy atom. The van der Waals surface area contributed by atoms with Crippen LogP contribution in [0.2, 0.25) is 0 Å². The van der Waals surface area contributed by atoms with Gasteiger partial charge in [-0.15, -0.1) is 0 Å². The second-order valence-corrected chi connectivity index (χ2v) is 6.41. The van der Waals surface area contributed by atoms with E-state index in [0.29, 0.717) is 12.3 Å². The Labute approximate surface area is 150 Å².